The average molecular weight is 434 g/mol. The van der Waals surface area contributed by atoms with Crippen molar-refractivity contribution in [3.05, 3.63) is 67.5 Å². The van der Waals surface area contributed by atoms with Crippen LogP contribution in [-0.4, -0.2) is 7.05 Å². The summed E-state index contributed by atoms with van der Waals surface area (Å²) < 4.78 is 15.3. The molecule has 2 rings (SSSR count). The Hall–Kier alpha value is -0.460. The zero-order chi connectivity index (χ0) is 13.8. The SMILES string of the molecule is CNC(Cc1ccc(I)cc1)c1ccc(Br)c(F)c1. The van der Waals surface area contributed by atoms with Gasteiger partial charge in [-0.3, -0.25) is 0 Å². The molecule has 2 aromatic carbocycles. The Morgan fingerprint density at radius 2 is 1.89 bits per heavy atom. The minimum Gasteiger partial charge on any atom is -0.313 e. The number of halogens is 3. The van der Waals surface area contributed by atoms with Gasteiger partial charge in [-0.15, -0.1) is 0 Å². The fraction of sp³-hybridized carbons (Fsp3) is 0.200. The van der Waals surface area contributed by atoms with Crippen LogP contribution in [0.3, 0.4) is 0 Å². The summed E-state index contributed by atoms with van der Waals surface area (Å²) in [7, 11) is 1.90. The van der Waals surface area contributed by atoms with Gasteiger partial charge in [0.2, 0.25) is 0 Å². The van der Waals surface area contributed by atoms with Crippen molar-refractivity contribution in [1.82, 2.24) is 5.32 Å². The zero-order valence-corrected chi connectivity index (χ0v) is 14.2. The predicted octanol–water partition coefficient (Wildman–Crippen LogP) is 4.70. The molecule has 0 aliphatic heterocycles. The smallest absolute Gasteiger partial charge is 0.137 e. The van der Waals surface area contributed by atoms with Crippen LogP contribution in [0.25, 0.3) is 0 Å². The molecule has 0 radical (unpaired) electrons. The Morgan fingerprint density at radius 1 is 1.21 bits per heavy atom. The van der Waals surface area contributed by atoms with Crippen molar-refractivity contribution in [2.24, 2.45) is 0 Å². The van der Waals surface area contributed by atoms with Gasteiger partial charge in [0.1, 0.15) is 5.82 Å². The van der Waals surface area contributed by atoms with Crippen LogP contribution in [0, 0.1) is 9.39 Å². The van der Waals surface area contributed by atoms with Crippen LogP contribution in [0.1, 0.15) is 17.2 Å². The molecule has 0 fully saturated rings. The molecule has 0 heterocycles. The Bertz CT molecular complexity index is 557. The third kappa shape index (κ3) is 4.00. The summed E-state index contributed by atoms with van der Waals surface area (Å²) in [5.41, 5.74) is 2.20. The molecule has 0 saturated heterocycles. The molecule has 1 atom stereocenters. The van der Waals surface area contributed by atoms with Gasteiger partial charge in [-0.05, 0) is 87.4 Å². The first-order valence-electron chi connectivity index (χ1n) is 5.97. The van der Waals surface area contributed by atoms with E-state index >= 15 is 0 Å². The van der Waals surface area contributed by atoms with Crippen LogP contribution in [0.15, 0.2) is 46.9 Å². The molecule has 19 heavy (non-hydrogen) atoms. The van der Waals surface area contributed by atoms with Gasteiger partial charge in [0.25, 0.3) is 0 Å². The number of likely N-dealkylation sites (N-methyl/N-ethyl adjacent to an activating group) is 1. The van der Waals surface area contributed by atoms with Crippen LogP contribution >= 0.6 is 38.5 Å². The number of hydrogen-bond donors (Lipinski definition) is 1. The molecule has 0 spiro atoms. The first-order chi connectivity index (χ1) is 9.10. The molecule has 2 aromatic rings. The van der Waals surface area contributed by atoms with Gasteiger partial charge >= 0.3 is 0 Å². The van der Waals surface area contributed by atoms with E-state index < -0.39 is 0 Å². The van der Waals surface area contributed by atoms with E-state index in [0.717, 1.165) is 12.0 Å². The van der Waals surface area contributed by atoms with Crippen molar-refractivity contribution in [2.45, 2.75) is 12.5 Å². The number of nitrogens with one attached hydrogen (secondary N) is 1. The minimum atomic E-state index is -0.222. The van der Waals surface area contributed by atoms with Gasteiger partial charge in [0, 0.05) is 9.61 Å². The molecule has 1 nitrogen and oxygen atoms in total. The summed E-state index contributed by atoms with van der Waals surface area (Å²) >= 11 is 5.47. The van der Waals surface area contributed by atoms with Gasteiger partial charge in [0.15, 0.2) is 0 Å². The molecule has 4 heteroatoms. The predicted molar refractivity (Wildman–Crippen MR) is 88.8 cm³/mol. The normalized spacial score (nSPS) is 12.4. The van der Waals surface area contributed by atoms with Gasteiger partial charge in [-0.1, -0.05) is 18.2 Å². The monoisotopic (exact) mass is 433 g/mol. The average Bonchev–Trinajstić information content (AvgIpc) is 2.41. The topological polar surface area (TPSA) is 12.0 Å². The molecule has 1 N–H and O–H groups in total. The van der Waals surface area contributed by atoms with E-state index in [1.807, 2.05) is 13.1 Å². The molecule has 0 aliphatic rings. The fourth-order valence-electron chi connectivity index (χ4n) is 1.97. The molecule has 0 aromatic heterocycles. The van der Waals surface area contributed by atoms with Crippen LogP contribution in [0.2, 0.25) is 0 Å². The lowest BCUT2D eigenvalue weighted by atomic mass is 9.99. The molecular formula is C15H14BrFIN. The number of hydrogen-bond acceptors (Lipinski definition) is 1. The molecule has 100 valence electrons. The van der Waals surface area contributed by atoms with Gasteiger partial charge in [0.05, 0.1) is 4.47 Å². The highest BCUT2D eigenvalue weighted by molar-refractivity contribution is 14.1. The summed E-state index contributed by atoms with van der Waals surface area (Å²) in [4.78, 5) is 0. The van der Waals surface area contributed by atoms with Gasteiger partial charge in [-0.25, -0.2) is 4.39 Å². The van der Waals surface area contributed by atoms with Crippen molar-refractivity contribution >= 4 is 38.5 Å². The lowest BCUT2D eigenvalue weighted by Gasteiger charge is -2.17. The Kier molecular flexibility index (Phi) is 5.36. The maximum atomic E-state index is 13.6. The molecule has 0 aliphatic carbocycles. The van der Waals surface area contributed by atoms with Crippen molar-refractivity contribution in [1.29, 1.82) is 0 Å². The second kappa shape index (κ2) is 6.81. The first-order valence-corrected chi connectivity index (χ1v) is 7.84. The standard InChI is InChI=1S/C15H14BrFIN/c1-19-15(8-10-2-5-12(18)6-3-10)11-4-7-13(16)14(17)9-11/h2-7,9,15,19H,8H2,1H3. The van der Waals surface area contributed by atoms with Crippen LogP contribution in [-0.2, 0) is 6.42 Å². The van der Waals surface area contributed by atoms with E-state index in [9.17, 15) is 4.39 Å². The third-order valence-corrected chi connectivity index (χ3v) is 4.41. The fourth-order valence-corrected chi connectivity index (χ4v) is 2.58. The van der Waals surface area contributed by atoms with E-state index in [4.69, 9.17) is 0 Å². The summed E-state index contributed by atoms with van der Waals surface area (Å²) in [6.45, 7) is 0. The van der Waals surface area contributed by atoms with E-state index in [0.29, 0.717) is 4.47 Å². The van der Waals surface area contributed by atoms with Crippen LogP contribution in [0.4, 0.5) is 4.39 Å². The van der Waals surface area contributed by atoms with E-state index in [-0.39, 0.29) is 11.9 Å². The number of benzene rings is 2. The minimum absolute atomic E-state index is 0.114. The quantitative estimate of drug-likeness (QED) is 0.689. The van der Waals surface area contributed by atoms with Crippen LogP contribution < -0.4 is 5.32 Å². The van der Waals surface area contributed by atoms with Crippen molar-refractivity contribution < 1.29 is 4.39 Å². The van der Waals surface area contributed by atoms with E-state index in [2.05, 4.69) is 68.1 Å². The molecule has 1 unspecified atom stereocenters. The zero-order valence-electron chi connectivity index (χ0n) is 10.5. The van der Waals surface area contributed by atoms with Crippen molar-refractivity contribution in [3.63, 3.8) is 0 Å². The maximum absolute atomic E-state index is 13.6. The summed E-state index contributed by atoms with van der Waals surface area (Å²) in [5.74, 6) is -0.222. The van der Waals surface area contributed by atoms with Crippen molar-refractivity contribution in [3.8, 4) is 0 Å². The lowest BCUT2D eigenvalue weighted by molar-refractivity contribution is 0.575. The summed E-state index contributed by atoms with van der Waals surface area (Å²) in [6.07, 6.45) is 0.842. The highest BCUT2D eigenvalue weighted by Crippen LogP contribution is 2.23. The highest BCUT2D eigenvalue weighted by Gasteiger charge is 2.12. The highest BCUT2D eigenvalue weighted by atomic mass is 127. The van der Waals surface area contributed by atoms with E-state index in [1.54, 1.807) is 12.1 Å². The summed E-state index contributed by atoms with van der Waals surface area (Å²) in [5, 5.41) is 3.24. The number of rotatable bonds is 4. The second-order valence-electron chi connectivity index (χ2n) is 4.35. The Balaban J connectivity index is 2.19. The van der Waals surface area contributed by atoms with Crippen molar-refractivity contribution in [2.75, 3.05) is 7.05 Å². The third-order valence-electron chi connectivity index (χ3n) is 3.05. The largest absolute Gasteiger partial charge is 0.313 e. The lowest BCUT2D eigenvalue weighted by Crippen LogP contribution is -2.19. The molecule has 0 saturated carbocycles. The maximum Gasteiger partial charge on any atom is 0.137 e. The molecular weight excluding hydrogens is 420 g/mol. The second-order valence-corrected chi connectivity index (χ2v) is 6.45. The van der Waals surface area contributed by atoms with Crippen LogP contribution in [0.5, 0.6) is 0 Å². The van der Waals surface area contributed by atoms with Gasteiger partial charge < -0.3 is 5.32 Å². The van der Waals surface area contributed by atoms with Gasteiger partial charge in [-0.2, -0.15) is 0 Å². The van der Waals surface area contributed by atoms with E-state index in [1.165, 1.54) is 9.13 Å². The molecule has 0 amide bonds. The first kappa shape index (κ1) is 14.9. The molecule has 0 bridgehead atoms. The summed E-state index contributed by atoms with van der Waals surface area (Å²) in [6, 6.07) is 13.8. The Morgan fingerprint density at radius 3 is 2.47 bits per heavy atom. The Labute approximate surface area is 134 Å².